The SMILES string of the molecule is CC(NC(=O)C(CC(N)=O)NC(=O)OC(C)(C)C)C(=O)O. The molecular weight excluding hydrogens is 282 g/mol. The summed E-state index contributed by atoms with van der Waals surface area (Å²) < 4.78 is 4.95. The molecule has 0 radical (unpaired) electrons. The lowest BCUT2D eigenvalue weighted by Gasteiger charge is -2.23. The van der Waals surface area contributed by atoms with E-state index in [-0.39, 0.29) is 0 Å². The van der Waals surface area contributed by atoms with Crippen LogP contribution in [0.1, 0.15) is 34.1 Å². The van der Waals surface area contributed by atoms with E-state index in [1.807, 2.05) is 0 Å². The third-order valence-electron chi connectivity index (χ3n) is 2.14. The van der Waals surface area contributed by atoms with Gasteiger partial charge in [-0.05, 0) is 27.7 Å². The molecule has 0 rings (SSSR count). The second kappa shape index (κ2) is 7.46. The number of primary amides is 1. The van der Waals surface area contributed by atoms with Gasteiger partial charge in [0.2, 0.25) is 11.8 Å². The first-order chi connectivity index (χ1) is 9.42. The van der Waals surface area contributed by atoms with Crippen molar-refractivity contribution in [2.75, 3.05) is 0 Å². The monoisotopic (exact) mass is 303 g/mol. The number of amides is 3. The highest BCUT2D eigenvalue weighted by Crippen LogP contribution is 2.07. The maximum Gasteiger partial charge on any atom is 0.408 e. The molecule has 0 aliphatic carbocycles. The molecule has 0 heterocycles. The molecule has 120 valence electrons. The van der Waals surface area contributed by atoms with E-state index < -0.39 is 48.0 Å². The zero-order valence-corrected chi connectivity index (χ0v) is 12.4. The molecule has 2 unspecified atom stereocenters. The molecule has 5 N–H and O–H groups in total. The molecule has 0 aromatic rings. The van der Waals surface area contributed by atoms with Gasteiger partial charge in [-0.1, -0.05) is 0 Å². The third kappa shape index (κ3) is 8.45. The summed E-state index contributed by atoms with van der Waals surface area (Å²) in [5, 5.41) is 13.0. The van der Waals surface area contributed by atoms with Gasteiger partial charge in [0.25, 0.3) is 0 Å². The molecule has 0 spiro atoms. The summed E-state index contributed by atoms with van der Waals surface area (Å²) in [6.07, 6.45) is -1.39. The molecule has 21 heavy (non-hydrogen) atoms. The Labute approximate surface area is 122 Å². The van der Waals surface area contributed by atoms with Crippen molar-refractivity contribution in [3.05, 3.63) is 0 Å². The van der Waals surface area contributed by atoms with Gasteiger partial charge in [-0.15, -0.1) is 0 Å². The van der Waals surface area contributed by atoms with Gasteiger partial charge in [-0.3, -0.25) is 14.4 Å². The van der Waals surface area contributed by atoms with Gasteiger partial charge in [0.15, 0.2) is 0 Å². The van der Waals surface area contributed by atoms with Crippen molar-refractivity contribution < 1.29 is 29.0 Å². The number of nitrogens with one attached hydrogen (secondary N) is 2. The van der Waals surface area contributed by atoms with Crippen LogP contribution in [0.5, 0.6) is 0 Å². The van der Waals surface area contributed by atoms with E-state index in [9.17, 15) is 19.2 Å². The number of ether oxygens (including phenoxy) is 1. The van der Waals surface area contributed by atoms with E-state index in [1.165, 1.54) is 6.92 Å². The molecule has 0 aliphatic rings. The number of hydrogen-bond donors (Lipinski definition) is 4. The Morgan fingerprint density at radius 3 is 2.10 bits per heavy atom. The lowest BCUT2D eigenvalue weighted by atomic mass is 10.1. The van der Waals surface area contributed by atoms with Gasteiger partial charge in [-0.25, -0.2) is 4.79 Å². The van der Waals surface area contributed by atoms with Crippen LogP contribution < -0.4 is 16.4 Å². The van der Waals surface area contributed by atoms with Gasteiger partial charge in [0, 0.05) is 0 Å². The quantitative estimate of drug-likeness (QED) is 0.512. The van der Waals surface area contributed by atoms with Gasteiger partial charge < -0.3 is 26.2 Å². The summed E-state index contributed by atoms with van der Waals surface area (Å²) >= 11 is 0. The summed E-state index contributed by atoms with van der Waals surface area (Å²) in [6.45, 7) is 6.13. The van der Waals surface area contributed by atoms with Crippen LogP contribution in [0.25, 0.3) is 0 Å². The minimum Gasteiger partial charge on any atom is -0.480 e. The maximum absolute atomic E-state index is 11.8. The maximum atomic E-state index is 11.8. The minimum atomic E-state index is -1.31. The summed E-state index contributed by atoms with van der Waals surface area (Å²) in [4.78, 5) is 45.0. The summed E-state index contributed by atoms with van der Waals surface area (Å²) in [5.74, 6) is -2.91. The number of carbonyl (C=O) groups is 4. The number of hydrogen-bond acceptors (Lipinski definition) is 5. The Hall–Kier alpha value is -2.32. The second-order valence-electron chi connectivity index (χ2n) is 5.44. The van der Waals surface area contributed by atoms with E-state index >= 15 is 0 Å². The Morgan fingerprint density at radius 2 is 1.71 bits per heavy atom. The molecule has 0 bridgehead atoms. The number of aliphatic carboxylic acids is 1. The molecule has 9 heteroatoms. The third-order valence-corrected chi connectivity index (χ3v) is 2.14. The number of rotatable bonds is 6. The van der Waals surface area contributed by atoms with E-state index in [1.54, 1.807) is 20.8 Å². The lowest BCUT2D eigenvalue weighted by molar-refractivity contribution is -0.141. The standard InChI is InChI=1S/C12H21N3O6/c1-6(10(18)19)14-9(17)7(5-8(13)16)15-11(20)21-12(2,3)4/h6-7H,5H2,1-4H3,(H2,13,16)(H,14,17)(H,15,20)(H,18,19). The molecule has 2 atom stereocenters. The zero-order chi connectivity index (χ0) is 16.8. The number of carbonyl (C=O) groups excluding carboxylic acids is 3. The van der Waals surface area contributed by atoms with Crippen LogP contribution in [0.3, 0.4) is 0 Å². The molecule has 0 saturated heterocycles. The largest absolute Gasteiger partial charge is 0.480 e. The van der Waals surface area contributed by atoms with E-state index in [0.717, 1.165) is 0 Å². The number of carboxylic acid groups (broad SMARTS) is 1. The normalized spacial score (nSPS) is 13.7. The van der Waals surface area contributed by atoms with Crippen LogP contribution in [-0.4, -0.2) is 46.7 Å². The smallest absolute Gasteiger partial charge is 0.408 e. The van der Waals surface area contributed by atoms with Gasteiger partial charge in [0.05, 0.1) is 6.42 Å². The van der Waals surface area contributed by atoms with Crippen molar-refractivity contribution in [2.24, 2.45) is 5.73 Å². The number of carboxylic acids is 1. The van der Waals surface area contributed by atoms with Crippen LogP contribution in [-0.2, 0) is 19.1 Å². The number of alkyl carbamates (subject to hydrolysis) is 1. The predicted octanol–water partition coefficient (Wildman–Crippen LogP) is -0.656. The second-order valence-corrected chi connectivity index (χ2v) is 5.44. The van der Waals surface area contributed by atoms with Gasteiger partial charge in [-0.2, -0.15) is 0 Å². The lowest BCUT2D eigenvalue weighted by Crippen LogP contribution is -2.52. The predicted molar refractivity (Wildman–Crippen MR) is 72.2 cm³/mol. The topological polar surface area (TPSA) is 148 Å². The highest BCUT2D eigenvalue weighted by atomic mass is 16.6. The molecule has 0 aromatic carbocycles. The Bertz CT molecular complexity index is 429. The van der Waals surface area contributed by atoms with Crippen molar-refractivity contribution in [3.8, 4) is 0 Å². The minimum absolute atomic E-state index is 0.475. The van der Waals surface area contributed by atoms with Crippen LogP contribution in [0, 0.1) is 0 Å². The Morgan fingerprint density at radius 1 is 1.19 bits per heavy atom. The van der Waals surface area contributed by atoms with Crippen molar-refractivity contribution in [1.82, 2.24) is 10.6 Å². The molecule has 0 saturated carbocycles. The van der Waals surface area contributed by atoms with Crippen LogP contribution >= 0.6 is 0 Å². The van der Waals surface area contributed by atoms with Crippen molar-refractivity contribution in [2.45, 2.75) is 51.8 Å². The first-order valence-electron chi connectivity index (χ1n) is 6.23. The first-order valence-corrected chi connectivity index (χ1v) is 6.23. The summed E-state index contributed by atoms with van der Waals surface area (Å²) in [5.41, 5.74) is 4.21. The molecule has 0 aromatic heterocycles. The van der Waals surface area contributed by atoms with Gasteiger partial charge >= 0.3 is 12.1 Å². The van der Waals surface area contributed by atoms with Gasteiger partial charge in [0.1, 0.15) is 17.7 Å². The average molecular weight is 303 g/mol. The Balaban J connectivity index is 4.79. The molecule has 0 fully saturated rings. The average Bonchev–Trinajstić information content (AvgIpc) is 2.24. The fourth-order valence-corrected chi connectivity index (χ4v) is 1.24. The van der Waals surface area contributed by atoms with Crippen molar-refractivity contribution in [3.63, 3.8) is 0 Å². The highest BCUT2D eigenvalue weighted by molar-refractivity contribution is 5.92. The fraction of sp³-hybridized carbons (Fsp3) is 0.667. The highest BCUT2D eigenvalue weighted by Gasteiger charge is 2.27. The van der Waals surface area contributed by atoms with Crippen LogP contribution in [0.15, 0.2) is 0 Å². The van der Waals surface area contributed by atoms with E-state index in [4.69, 9.17) is 15.6 Å². The van der Waals surface area contributed by atoms with Crippen LogP contribution in [0.2, 0.25) is 0 Å². The molecule has 3 amide bonds. The number of nitrogens with two attached hydrogens (primary N) is 1. The van der Waals surface area contributed by atoms with E-state index in [0.29, 0.717) is 0 Å². The van der Waals surface area contributed by atoms with E-state index in [2.05, 4.69) is 10.6 Å². The fourth-order valence-electron chi connectivity index (χ4n) is 1.24. The summed E-state index contributed by atoms with van der Waals surface area (Å²) in [7, 11) is 0. The van der Waals surface area contributed by atoms with Crippen molar-refractivity contribution in [1.29, 1.82) is 0 Å². The molecule has 0 aliphatic heterocycles. The molecular formula is C12H21N3O6. The van der Waals surface area contributed by atoms with Crippen molar-refractivity contribution >= 4 is 23.9 Å². The zero-order valence-electron chi connectivity index (χ0n) is 12.4. The first kappa shape index (κ1) is 18.7. The summed E-state index contributed by atoms with van der Waals surface area (Å²) in [6, 6.07) is -2.48. The Kier molecular flexibility index (Phi) is 6.64. The van der Waals surface area contributed by atoms with Crippen LogP contribution in [0.4, 0.5) is 4.79 Å². The molecule has 9 nitrogen and oxygen atoms in total.